The molecule has 2 saturated heterocycles. The molecule has 2 aliphatic heterocycles. The molecule has 116 valence electrons. The van der Waals surface area contributed by atoms with Crippen LogP contribution in [0.15, 0.2) is 17.1 Å². The quantitative estimate of drug-likeness (QED) is 0.687. The molecule has 0 bridgehead atoms. The highest BCUT2D eigenvalue weighted by Gasteiger charge is 2.60. The van der Waals surface area contributed by atoms with E-state index in [4.69, 9.17) is 25.0 Å². The number of nitrogens with two attached hydrogens (primary N) is 2. The lowest BCUT2D eigenvalue weighted by atomic mass is 9.98. The summed E-state index contributed by atoms with van der Waals surface area (Å²) in [7, 11) is -3.82. The predicted molar refractivity (Wildman–Crippen MR) is 69.0 cm³/mol. The van der Waals surface area contributed by atoms with E-state index < -0.39 is 37.5 Å². The SMILES string of the molecule is C[C@@]1(F)[C@@H]2OP(N)(=O)OC[C@H]2O[C@H]1n1ccc(N)nc1=O. The number of halogens is 1. The first-order valence-electron chi connectivity index (χ1n) is 6.11. The summed E-state index contributed by atoms with van der Waals surface area (Å²) in [5.41, 5.74) is 7.76. The zero-order valence-electron chi connectivity index (χ0n) is 11.0. The third kappa shape index (κ3) is 2.39. The van der Waals surface area contributed by atoms with Crippen molar-refractivity contribution in [2.75, 3.05) is 12.3 Å². The second kappa shape index (κ2) is 4.59. The van der Waals surface area contributed by atoms with Crippen LogP contribution < -0.4 is 16.9 Å². The molecule has 0 aliphatic carbocycles. The van der Waals surface area contributed by atoms with Crippen molar-refractivity contribution < 1.29 is 22.7 Å². The predicted octanol–water partition coefficient (Wildman–Crippen LogP) is -0.0667. The Morgan fingerprint density at radius 3 is 3.00 bits per heavy atom. The second-order valence-corrected chi connectivity index (χ2v) is 6.63. The van der Waals surface area contributed by atoms with Crippen molar-refractivity contribution in [3.63, 3.8) is 0 Å². The van der Waals surface area contributed by atoms with Crippen molar-refractivity contribution in [1.29, 1.82) is 0 Å². The van der Waals surface area contributed by atoms with Crippen molar-refractivity contribution in [2.24, 2.45) is 5.50 Å². The third-order valence-corrected chi connectivity index (χ3v) is 4.49. The number of hydrogen-bond acceptors (Lipinski definition) is 7. The summed E-state index contributed by atoms with van der Waals surface area (Å²) in [6.45, 7) is 0.988. The number of nitrogens with zero attached hydrogens (tertiary/aromatic N) is 2. The van der Waals surface area contributed by atoms with Gasteiger partial charge in [0.1, 0.15) is 18.0 Å². The minimum Gasteiger partial charge on any atom is -0.383 e. The molecule has 5 atom stereocenters. The molecule has 2 aliphatic rings. The van der Waals surface area contributed by atoms with Crippen molar-refractivity contribution in [3.8, 4) is 0 Å². The molecule has 1 aromatic rings. The van der Waals surface area contributed by atoms with E-state index in [0.29, 0.717) is 0 Å². The topological polar surface area (TPSA) is 132 Å². The Labute approximate surface area is 118 Å². The number of ether oxygens (including phenoxy) is 1. The van der Waals surface area contributed by atoms with Crippen LogP contribution in [0.3, 0.4) is 0 Å². The first-order valence-corrected chi connectivity index (χ1v) is 7.72. The molecule has 0 saturated carbocycles. The Hall–Kier alpha value is -1.32. The lowest BCUT2D eigenvalue weighted by Gasteiger charge is -2.32. The maximum absolute atomic E-state index is 15.0. The van der Waals surface area contributed by atoms with Gasteiger partial charge < -0.3 is 10.5 Å². The molecule has 2 fully saturated rings. The fourth-order valence-electron chi connectivity index (χ4n) is 2.48. The summed E-state index contributed by atoms with van der Waals surface area (Å²) >= 11 is 0. The monoisotopic (exact) mass is 320 g/mol. The smallest absolute Gasteiger partial charge is 0.383 e. The first-order chi connectivity index (χ1) is 9.71. The normalized spacial score (nSPS) is 42.7. The molecular formula is C10H14FN4O5P. The van der Waals surface area contributed by atoms with Crippen LogP contribution in [0.2, 0.25) is 0 Å². The third-order valence-electron chi connectivity index (χ3n) is 3.46. The summed E-state index contributed by atoms with van der Waals surface area (Å²) in [6, 6.07) is 1.34. The molecule has 3 heterocycles. The van der Waals surface area contributed by atoms with Crippen LogP contribution in [0, 0.1) is 0 Å². The van der Waals surface area contributed by atoms with Gasteiger partial charge in [0.2, 0.25) is 0 Å². The van der Waals surface area contributed by atoms with E-state index >= 15 is 4.39 Å². The van der Waals surface area contributed by atoms with E-state index in [1.807, 2.05) is 0 Å². The lowest BCUT2D eigenvalue weighted by molar-refractivity contribution is -0.0632. The molecule has 0 amide bonds. The second-order valence-electron chi connectivity index (χ2n) is 5.08. The molecule has 0 aromatic carbocycles. The highest BCUT2D eigenvalue weighted by Crippen LogP contribution is 2.54. The van der Waals surface area contributed by atoms with Crippen LogP contribution in [-0.4, -0.2) is 34.0 Å². The Morgan fingerprint density at radius 1 is 1.62 bits per heavy atom. The zero-order chi connectivity index (χ0) is 15.4. The van der Waals surface area contributed by atoms with E-state index in [1.165, 1.54) is 19.2 Å². The van der Waals surface area contributed by atoms with Crippen LogP contribution in [0.25, 0.3) is 0 Å². The fourth-order valence-corrected chi connectivity index (χ4v) is 3.55. The fraction of sp³-hybridized carbons (Fsp3) is 0.600. The van der Waals surface area contributed by atoms with Crippen molar-refractivity contribution >= 4 is 13.6 Å². The van der Waals surface area contributed by atoms with Gasteiger partial charge in [-0.25, -0.2) is 19.3 Å². The van der Waals surface area contributed by atoms with E-state index in [0.717, 1.165) is 4.57 Å². The van der Waals surface area contributed by atoms with Gasteiger partial charge in [-0.05, 0) is 13.0 Å². The number of aromatic nitrogens is 2. The molecule has 11 heteroatoms. The maximum Gasteiger partial charge on any atom is 0.403 e. The minimum absolute atomic E-state index is 0.0123. The summed E-state index contributed by atoms with van der Waals surface area (Å²) < 4.78 is 42.9. The van der Waals surface area contributed by atoms with Gasteiger partial charge in [0.05, 0.1) is 6.61 Å². The van der Waals surface area contributed by atoms with Crippen molar-refractivity contribution in [3.05, 3.63) is 22.7 Å². The van der Waals surface area contributed by atoms with Gasteiger partial charge in [-0.1, -0.05) is 0 Å². The Bertz CT molecular complexity index is 680. The highest BCUT2D eigenvalue weighted by atomic mass is 31.2. The zero-order valence-corrected chi connectivity index (χ0v) is 11.9. The van der Waals surface area contributed by atoms with Gasteiger partial charge in [0.25, 0.3) is 0 Å². The minimum atomic E-state index is -3.82. The van der Waals surface area contributed by atoms with Crippen LogP contribution in [-0.2, 0) is 18.3 Å². The molecule has 1 unspecified atom stereocenters. The average Bonchev–Trinajstić information content (AvgIpc) is 2.61. The molecule has 0 radical (unpaired) electrons. The van der Waals surface area contributed by atoms with Gasteiger partial charge in [-0.3, -0.25) is 13.6 Å². The standard InChI is InChI=1S/C10H14FN4O5P/c1-10(11)7-5(4-18-21(13,17)20-7)19-8(10)15-3-2-6(12)14-9(15)16/h2-3,5,7-8H,4H2,1H3,(H2,13,17)(H2,12,14,16)/t5-,7-,8-,10-,21?/m1/s1. The van der Waals surface area contributed by atoms with Crippen LogP contribution in [0.1, 0.15) is 13.2 Å². The van der Waals surface area contributed by atoms with E-state index in [-0.39, 0.29) is 12.4 Å². The first kappa shape index (κ1) is 14.6. The van der Waals surface area contributed by atoms with Gasteiger partial charge in [0, 0.05) is 6.20 Å². The van der Waals surface area contributed by atoms with Gasteiger partial charge in [-0.15, -0.1) is 0 Å². The van der Waals surface area contributed by atoms with Crippen LogP contribution in [0.5, 0.6) is 0 Å². The summed E-state index contributed by atoms with van der Waals surface area (Å²) in [5.74, 6) is 0.0123. The Morgan fingerprint density at radius 2 is 2.33 bits per heavy atom. The largest absolute Gasteiger partial charge is 0.403 e. The maximum atomic E-state index is 15.0. The molecule has 1 aromatic heterocycles. The molecule has 0 spiro atoms. The molecule has 9 nitrogen and oxygen atoms in total. The number of hydrogen-bond donors (Lipinski definition) is 2. The molecule has 4 N–H and O–H groups in total. The summed E-state index contributed by atoms with van der Waals surface area (Å²) in [4.78, 5) is 15.3. The van der Waals surface area contributed by atoms with E-state index in [9.17, 15) is 9.36 Å². The summed E-state index contributed by atoms with van der Waals surface area (Å²) in [5, 5.41) is 0. The molecular weight excluding hydrogens is 306 g/mol. The van der Waals surface area contributed by atoms with Gasteiger partial charge in [-0.2, -0.15) is 4.98 Å². The number of rotatable bonds is 1. The summed E-state index contributed by atoms with van der Waals surface area (Å²) in [6.07, 6.45) is -2.08. The van der Waals surface area contributed by atoms with Gasteiger partial charge >= 0.3 is 13.4 Å². The number of fused-ring (bicyclic) bond motifs is 1. The van der Waals surface area contributed by atoms with Crippen LogP contribution in [0.4, 0.5) is 10.2 Å². The number of nitrogen functional groups attached to an aromatic ring is 1. The van der Waals surface area contributed by atoms with Crippen molar-refractivity contribution in [2.45, 2.75) is 31.0 Å². The van der Waals surface area contributed by atoms with Crippen LogP contribution >= 0.6 is 7.75 Å². The Balaban J connectivity index is 1.98. The van der Waals surface area contributed by atoms with Crippen molar-refractivity contribution in [1.82, 2.24) is 9.55 Å². The molecule has 3 rings (SSSR count). The Kier molecular flexibility index (Phi) is 3.19. The lowest BCUT2D eigenvalue weighted by Crippen LogP contribution is -2.46. The van der Waals surface area contributed by atoms with Gasteiger partial charge in [0.15, 0.2) is 11.9 Å². The van der Waals surface area contributed by atoms with E-state index in [1.54, 1.807) is 0 Å². The average molecular weight is 320 g/mol. The molecule has 21 heavy (non-hydrogen) atoms. The van der Waals surface area contributed by atoms with E-state index in [2.05, 4.69) is 4.98 Å². The number of anilines is 1. The highest BCUT2D eigenvalue weighted by molar-refractivity contribution is 7.51. The number of alkyl halides is 1.